The van der Waals surface area contributed by atoms with Gasteiger partial charge in [0, 0.05) is 42.0 Å². The van der Waals surface area contributed by atoms with Crippen LogP contribution in [0.5, 0.6) is 5.75 Å². The van der Waals surface area contributed by atoms with Crippen molar-refractivity contribution in [3.63, 3.8) is 0 Å². The van der Waals surface area contributed by atoms with Gasteiger partial charge >= 0.3 is 0 Å². The predicted molar refractivity (Wildman–Crippen MR) is 147 cm³/mol. The van der Waals surface area contributed by atoms with Gasteiger partial charge in [0.2, 0.25) is 5.91 Å². The Bertz CT molecular complexity index is 1280. The molecule has 1 saturated heterocycles. The van der Waals surface area contributed by atoms with Gasteiger partial charge in [-0.05, 0) is 60.6 Å². The number of amides is 1. The van der Waals surface area contributed by atoms with Crippen molar-refractivity contribution in [1.82, 2.24) is 10.2 Å². The van der Waals surface area contributed by atoms with E-state index in [1.807, 2.05) is 18.2 Å². The molecule has 7 heteroatoms. The summed E-state index contributed by atoms with van der Waals surface area (Å²) in [5.74, 6) is -1.48. The monoisotopic (exact) mass is 515 g/mol. The highest BCUT2D eigenvalue weighted by Crippen LogP contribution is 2.37. The molecular weight excluding hydrogens is 481 g/mol. The number of nitrogens with one attached hydrogen (secondary N) is 2. The fourth-order valence-corrected chi connectivity index (χ4v) is 5.93. The third-order valence-electron chi connectivity index (χ3n) is 8.10. The number of anilines is 1. The Morgan fingerprint density at radius 2 is 1.74 bits per heavy atom. The van der Waals surface area contributed by atoms with Crippen molar-refractivity contribution in [3.05, 3.63) is 83.7 Å². The maximum Gasteiger partial charge on any atom is 0.238 e. The number of aldehydes is 1. The van der Waals surface area contributed by atoms with Crippen molar-refractivity contribution in [2.75, 3.05) is 25.0 Å². The summed E-state index contributed by atoms with van der Waals surface area (Å²) in [6, 6.07) is 20.4. The number of phenolic OH excluding ortho intramolecular Hbond substituents is 1. The van der Waals surface area contributed by atoms with Gasteiger partial charge in [-0.3, -0.25) is 14.9 Å². The van der Waals surface area contributed by atoms with Gasteiger partial charge in [0.15, 0.2) is 11.6 Å². The Hall–Kier alpha value is -3.55. The minimum atomic E-state index is -0.726. The molecule has 2 aliphatic rings. The molecule has 1 saturated carbocycles. The molecule has 6 nitrogen and oxygen atoms in total. The number of rotatable bonds is 8. The molecule has 2 fully saturated rings. The molecule has 0 radical (unpaired) electrons. The molecule has 0 spiro atoms. The smallest absolute Gasteiger partial charge is 0.238 e. The van der Waals surface area contributed by atoms with E-state index in [1.165, 1.54) is 37.8 Å². The fourth-order valence-electron chi connectivity index (χ4n) is 5.93. The van der Waals surface area contributed by atoms with Crippen LogP contribution in [0.3, 0.4) is 0 Å². The van der Waals surface area contributed by atoms with Crippen LogP contribution in [-0.4, -0.2) is 47.9 Å². The van der Waals surface area contributed by atoms with Gasteiger partial charge in [-0.25, -0.2) is 4.39 Å². The zero-order chi connectivity index (χ0) is 26.5. The molecule has 1 aliphatic carbocycles. The highest BCUT2D eigenvalue weighted by Gasteiger charge is 2.38. The van der Waals surface area contributed by atoms with Crippen LogP contribution in [-0.2, 0) is 10.3 Å². The summed E-state index contributed by atoms with van der Waals surface area (Å²) < 4.78 is 13.4. The Labute approximate surface area is 222 Å². The van der Waals surface area contributed by atoms with Crippen LogP contribution < -0.4 is 10.6 Å². The summed E-state index contributed by atoms with van der Waals surface area (Å²) in [5.41, 5.74) is 3.78. The summed E-state index contributed by atoms with van der Waals surface area (Å²) in [5, 5.41) is 15.9. The first kappa shape index (κ1) is 26.1. The van der Waals surface area contributed by atoms with E-state index in [-0.39, 0.29) is 18.0 Å². The molecule has 5 rings (SSSR count). The molecule has 3 aromatic carbocycles. The number of carbonyl (C=O) groups excluding carboxylic acids is 2. The molecule has 3 N–H and O–H groups in total. The number of benzene rings is 3. The zero-order valence-electron chi connectivity index (χ0n) is 21.5. The summed E-state index contributed by atoms with van der Waals surface area (Å²) in [6.07, 6.45) is 7.76. The van der Waals surface area contributed by atoms with Crippen LogP contribution >= 0.6 is 0 Å². The molecule has 0 aromatic heterocycles. The van der Waals surface area contributed by atoms with E-state index in [0.717, 1.165) is 55.0 Å². The first-order valence-corrected chi connectivity index (χ1v) is 13.4. The van der Waals surface area contributed by atoms with Crippen LogP contribution in [0, 0.1) is 5.82 Å². The number of phenols is 1. The summed E-state index contributed by atoms with van der Waals surface area (Å²) in [6.45, 7) is 2.02. The SMILES string of the molecule is O=Cc1cccc(-c2ccc(C3(NCC(=O)Nc4ccc(F)c(O)c4)CCN(C4CCCC4)CC3)cc2)c1. The Morgan fingerprint density at radius 3 is 2.42 bits per heavy atom. The van der Waals surface area contributed by atoms with Crippen LogP contribution in [0.25, 0.3) is 11.1 Å². The number of carbonyl (C=O) groups is 2. The minimum absolute atomic E-state index is 0.0880. The molecule has 38 heavy (non-hydrogen) atoms. The third-order valence-corrected chi connectivity index (χ3v) is 8.10. The molecule has 1 heterocycles. The molecule has 1 aliphatic heterocycles. The molecular formula is C31H34FN3O3. The van der Waals surface area contributed by atoms with Crippen LogP contribution in [0.2, 0.25) is 0 Å². The van der Waals surface area contributed by atoms with Crippen molar-refractivity contribution in [3.8, 4) is 16.9 Å². The van der Waals surface area contributed by atoms with Crippen molar-refractivity contribution in [1.29, 1.82) is 0 Å². The van der Waals surface area contributed by atoms with Crippen molar-refractivity contribution in [2.24, 2.45) is 0 Å². The molecule has 198 valence electrons. The van der Waals surface area contributed by atoms with Crippen LogP contribution in [0.4, 0.5) is 10.1 Å². The Balaban J connectivity index is 1.33. The van der Waals surface area contributed by atoms with Gasteiger partial charge in [0.25, 0.3) is 0 Å². The van der Waals surface area contributed by atoms with E-state index in [9.17, 15) is 19.1 Å². The minimum Gasteiger partial charge on any atom is -0.505 e. The number of piperidine rings is 1. The Morgan fingerprint density at radius 1 is 1.00 bits per heavy atom. The van der Waals surface area contributed by atoms with E-state index in [1.54, 1.807) is 6.07 Å². The lowest BCUT2D eigenvalue weighted by atomic mass is 9.79. The number of hydrogen-bond donors (Lipinski definition) is 3. The number of halogens is 1. The maximum absolute atomic E-state index is 13.4. The molecule has 0 bridgehead atoms. The zero-order valence-corrected chi connectivity index (χ0v) is 21.5. The highest BCUT2D eigenvalue weighted by atomic mass is 19.1. The number of likely N-dealkylation sites (tertiary alicyclic amines) is 1. The lowest BCUT2D eigenvalue weighted by molar-refractivity contribution is -0.116. The lowest BCUT2D eigenvalue weighted by Crippen LogP contribution is -2.54. The average Bonchev–Trinajstić information content (AvgIpc) is 3.50. The molecule has 3 aromatic rings. The highest BCUT2D eigenvalue weighted by molar-refractivity contribution is 5.92. The summed E-state index contributed by atoms with van der Waals surface area (Å²) >= 11 is 0. The van der Waals surface area contributed by atoms with Crippen molar-refractivity contribution in [2.45, 2.75) is 50.1 Å². The van der Waals surface area contributed by atoms with Gasteiger partial charge in [0.05, 0.1) is 6.54 Å². The number of hydrogen-bond acceptors (Lipinski definition) is 5. The second kappa shape index (κ2) is 11.5. The summed E-state index contributed by atoms with van der Waals surface area (Å²) in [4.78, 5) is 26.6. The normalized spacial score (nSPS) is 17.8. The average molecular weight is 516 g/mol. The second-order valence-corrected chi connectivity index (χ2v) is 10.4. The van der Waals surface area contributed by atoms with Gasteiger partial charge < -0.3 is 15.3 Å². The first-order valence-electron chi connectivity index (χ1n) is 13.4. The third kappa shape index (κ3) is 5.79. The quantitative estimate of drug-likeness (QED) is 0.347. The largest absolute Gasteiger partial charge is 0.505 e. The fraction of sp³-hybridized carbons (Fsp3) is 0.355. The van der Waals surface area contributed by atoms with Gasteiger partial charge in [-0.15, -0.1) is 0 Å². The van der Waals surface area contributed by atoms with Gasteiger partial charge in [-0.2, -0.15) is 0 Å². The maximum atomic E-state index is 13.4. The van der Waals surface area contributed by atoms with E-state index in [2.05, 4.69) is 39.8 Å². The van der Waals surface area contributed by atoms with Gasteiger partial charge in [0.1, 0.15) is 6.29 Å². The van der Waals surface area contributed by atoms with E-state index in [0.29, 0.717) is 17.3 Å². The molecule has 0 atom stereocenters. The number of aromatic hydroxyl groups is 1. The van der Waals surface area contributed by atoms with E-state index in [4.69, 9.17) is 0 Å². The Kier molecular flexibility index (Phi) is 7.86. The van der Waals surface area contributed by atoms with Crippen molar-refractivity contribution >= 4 is 17.9 Å². The molecule has 1 amide bonds. The molecule has 0 unspecified atom stereocenters. The predicted octanol–water partition coefficient (Wildman–Crippen LogP) is 5.47. The van der Waals surface area contributed by atoms with Crippen LogP contribution in [0.15, 0.2) is 66.7 Å². The van der Waals surface area contributed by atoms with Crippen LogP contribution in [0.1, 0.15) is 54.4 Å². The van der Waals surface area contributed by atoms with Crippen molar-refractivity contribution < 1.29 is 19.1 Å². The standard InChI is InChI=1S/C31H34FN3O3/c32-28-13-12-26(19-29(28)37)34-30(38)20-33-31(14-16-35(17-15-31)27-6-1-2-7-27)25-10-8-23(9-11-25)24-5-3-4-22(18-24)21-36/h3-5,8-13,18-19,21,27,33,37H,1-2,6-7,14-17,20H2,(H,34,38). The van der Waals surface area contributed by atoms with Gasteiger partial charge in [-0.1, -0.05) is 55.3 Å². The summed E-state index contributed by atoms with van der Waals surface area (Å²) in [7, 11) is 0. The lowest BCUT2D eigenvalue weighted by Gasteiger charge is -2.45. The van der Waals surface area contributed by atoms with E-state index >= 15 is 0 Å². The number of nitrogens with zero attached hydrogens (tertiary/aromatic N) is 1. The first-order chi connectivity index (χ1) is 18.5. The second-order valence-electron chi connectivity index (χ2n) is 10.4. The van der Waals surface area contributed by atoms with E-state index < -0.39 is 11.6 Å². The topological polar surface area (TPSA) is 81.7 Å².